The minimum absolute atomic E-state index is 0.0418. The molecule has 1 saturated heterocycles. The molecular formula is C19H23BN4O4. The Balaban J connectivity index is 1.39. The van der Waals surface area contributed by atoms with Gasteiger partial charge < -0.3 is 15.0 Å². The van der Waals surface area contributed by atoms with E-state index in [1.807, 2.05) is 12.3 Å². The molecule has 2 aliphatic rings. The summed E-state index contributed by atoms with van der Waals surface area (Å²) in [4.78, 5) is 24.3. The fourth-order valence-electron chi connectivity index (χ4n) is 3.96. The summed E-state index contributed by atoms with van der Waals surface area (Å²) >= 11 is 0. The minimum Gasteiger partial charge on any atom is -0.535 e. The van der Waals surface area contributed by atoms with Crippen molar-refractivity contribution in [3.63, 3.8) is 0 Å². The van der Waals surface area contributed by atoms with Crippen molar-refractivity contribution < 1.29 is 19.3 Å². The number of fused-ring (bicyclic) bond motifs is 1. The quantitative estimate of drug-likeness (QED) is 0.567. The lowest BCUT2D eigenvalue weighted by Crippen LogP contribution is -2.36. The van der Waals surface area contributed by atoms with Crippen LogP contribution in [0.5, 0.6) is 5.75 Å². The molecule has 0 amide bonds. The number of benzene rings is 1. The van der Waals surface area contributed by atoms with Crippen LogP contribution in [0.4, 0.5) is 0 Å². The van der Waals surface area contributed by atoms with Crippen molar-refractivity contribution >= 4 is 18.7 Å². The van der Waals surface area contributed by atoms with E-state index in [9.17, 15) is 14.6 Å². The summed E-state index contributed by atoms with van der Waals surface area (Å²) in [7, 11) is -1.12. The summed E-state index contributed by atoms with van der Waals surface area (Å²) in [5.74, 6) is 0.267. The molecule has 1 aromatic heterocycles. The Bertz CT molecular complexity index is 894. The van der Waals surface area contributed by atoms with E-state index in [4.69, 9.17) is 4.65 Å². The molecule has 1 aromatic carbocycles. The molecule has 9 heteroatoms. The number of carbonyl (C=O) groups excluding carboxylic acids is 2. The number of Topliss-reactive ketones (excluding diaryl/α,β-unsaturated/α-hetero) is 2. The molecule has 1 unspecified atom stereocenters. The summed E-state index contributed by atoms with van der Waals surface area (Å²) in [6.45, 7) is 3.45. The minimum atomic E-state index is -1.12. The second kappa shape index (κ2) is 7.85. The maximum atomic E-state index is 12.5. The third kappa shape index (κ3) is 3.86. The first-order valence-electron chi connectivity index (χ1n) is 9.61. The van der Waals surface area contributed by atoms with Crippen molar-refractivity contribution in [1.29, 1.82) is 0 Å². The van der Waals surface area contributed by atoms with Crippen LogP contribution in [0.15, 0.2) is 24.4 Å². The zero-order valence-electron chi connectivity index (χ0n) is 15.8. The van der Waals surface area contributed by atoms with Crippen LogP contribution in [-0.2, 0) is 17.8 Å². The topological polar surface area (TPSA) is 106 Å². The number of nitrogens with zero attached hydrogens (tertiary/aromatic N) is 3. The average molecular weight is 382 g/mol. The molecule has 28 heavy (non-hydrogen) atoms. The van der Waals surface area contributed by atoms with Gasteiger partial charge in [-0.1, -0.05) is 17.3 Å². The van der Waals surface area contributed by atoms with Gasteiger partial charge in [0.1, 0.15) is 12.3 Å². The molecule has 2 aromatic rings. The van der Waals surface area contributed by atoms with Crippen molar-refractivity contribution in [3.8, 4) is 5.75 Å². The number of carbonyl (C=O) groups is 2. The molecule has 0 saturated carbocycles. The lowest BCUT2D eigenvalue weighted by molar-refractivity contribution is -0.120. The molecule has 0 aliphatic carbocycles. The maximum Gasteiger partial charge on any atom is 0.526 e. The number of para-hydroxylation sites is 1. The smallest absolute Gasteiger partial charge is 0.526 e. The highest BCUT2D eigenvalue weighted by Crippen LogP contribution is 2.36. The Morgan fingerprint density at radius 3 is 3.04 bits per heavy atom. The Labute approximate surface area is 163 Å². The largest absolute Gasteiger partial charge is 0.535 e. The van der Waals surface area contributed by atoms with Crippen LogP contribution in [0.1, 0.15) is 47.3 Å². The molecule has 2 N–H and O–H groups in total. The van der Waals surface area contributed by atoms with Crippen LogP contribution in [-0.4, -0.2) is 51.8 Å². The van der Waals surface area contributed by atoms with E-state index in [2.05, 4.69) is 15.6 Å². The number of hydrogen-bond acceptors (Lipinski definition) is 7. The van der Waals surface area contributed by atoms with Gasteiger partial charge in [0.05, 0.1) is 11.3 Å². The van der Waals surface area contributed by atoms with Gasteiger partial charge in [0.25, 0.3) is 0 Å². The lowest BCUT2D eigenvalue weighted by atomic mass is 9.64. The number of nitrogens with one attached hydrogen (secondary N) is 1. The second-order valence-corrected chi connectivity index (χ2v) is 7.60. The van der Waals surface area contributed by atoms with E-state index in [-0.39, 0.29) is 30.3 Å². The van der Waals surface area contributed by atoms with Crippen molar-refractivity contribution in [1.82, 2.24) is 20.3 Å². The van der Waals surface area contributed by atoms with Gasteiger partial charge in [-0.25, -0.2) is 4.68 Å². The zero-order chi connectivity index (χ0) is 19.7. The van der Waals surface area contributed by atoms with Crippen molar-refractivity contribution in [3.05, 3.63) is 41.2 Å². The first-order valence-corrected chi connectivity index (χ1v) is 9.61. The zero-order valence-corrected chi connectivity index (χ0v) is 15.8. The van der Waals surface area contributed by atoms with Gasteiger partial charge in [-0.2, -0.15) is 0 Å². The second-order valence-electron chi connectivity index (χ2n) is 7.60. The van der Waals surface area contributed by atoms with Gasteiger partial charge in [-0.15, -0.1) is 5.10 Å². The van der Waals surface area contributed by atoms with Crippen molar-refractivity contribution in [2.24, 2.45) is 0 Å². The lowest BCUT2D eigenvalue weighted by Gasteiger charge is -2.28. The first kappa shape index (κ1) is 18.8. The molecule has 2 atom stereocenters. The van der Waals surface area contributed by atoms with E-state index in [0.29, 0.717) is 23.7 Å². The molecular weight excluding hydrogens is 359 g/mol. The molecule has 1 fully saturated rings. The van der Waals surface area contributed by atoms with E-state index in [0.717, 1.165) is 30.8 Å². The first-order chi connectivity index (χ1) is 13.5. The highest BCUT2D eigenvalue weighted by molar-refractivity contribution is 6.47. The summed E-state index contributed by atoms with van der Waals surface area (Å²) in [5, 5.41) is 21.9. The van der Waals surface area contributed by atoms with E-state index >= 15 is 0 Å². The molecule has 0 spiro atoms. The van der Waals surface area contributed by atoms with Gasteiger partial charge in [0.15, 0.2) is 11.6 Å². The number of aromatic nitrogens is 3. The third-order valence-corrected chi connectivity index (χ3v) is 5.46. The summed E-state index contributed by atoms with van der Waals surface area (Å²) < 4.78 is 7.16. The van der Waals surface area contributed by atoms with E-state index < -0.39 is 7.12 Å². The van der Waals surface area contributed by atoms with Gasteiger partial charge in [0.2, 0.25) is 0 Å². The standard InChI is InChI=1S/C19H23BN4O4/c1-12(25)17-4-2-3-13-7-15(20(27)28-19(13)17)8-16(26)10-24-11-18(22-23-24)14-5-6-21-9-14/h2-4,11,14-15,21,27H,5-10H2,1H3/t14?,15-/m1/s1. The summed E-state index contributed by atoms with van der Waals surface area (Å²) in [5.41, 5.74) is 2.20. The molecule has 0 bridgehead atoms. The van der Waals surface area contributed by atoms with Gasteiger partial charge in [-0.3, -0.25) is 9.59 Å². The fourth-order valence-corrected chi connectivity index (χ4v) is 3.96. The summed E-state index contributed by atoms with van der Waals surface area (Å²) in [6, 6.07) is 5.34. The maximum absolute atomic E-state index is 12.5. The van der Waals surface area contributed by atoms with Crippen molar-refractivity contribution in [2.75, 3.05) is 13.1 Å². The molecule has 146 valence electrons. The predicted octanol–water partition coefficient (Wildman–Crippen LogP) is 1.00. The third-order valence-electron chi connectivity index (χ3n) is 5.46. The molecule has 4 rings (SSSR count). The molecule has 0 radical (unpaired) electrons. The Kier molecular flexibility index (Phi) is 5.28. The molecule has 2 aliphatic heterocycles. The summed E-state index contributed by atoms with van der Waals surface area (Å²) in [6.07, 6.45) is 3.52. The van der Waals surface area contributed by atoms with Crippen LogP contribution >= 0.6 is 0 Å². The van der Waals surface area contributed by atoms with Crippen LogP contribution in [0, 0.1) is 0 Å². The van der Waals surface area contributed by atoms with Crippen molar-refractivity contribution in [2.45, 2.75) is 44.5 Å². The van der Waals surface area contributed by atoms with Gasteiger partial charge >= 0.3 is 7.12 Å². The van der Waals surface area contributed by atoms with Gasteiger partial charge in [0, 0.05) is 30.9 Å². The number of ketones is 2. The van der Waals surface area contributed by atoms with Crippen LogP contribution in [0.3, 0.4) is 0 Å². The monoisotopic (exact) mass is 382 g/mol. The molecule has 3 heterocycles. The fraction of sp³-hybridized carbons (Fsp3) is 0.474. The highest BCUT2D eigenvalue weighted by atomic mass is 16.5. The normalized spacial score (nSPS) is 21.3. The Morgan fingerprint density at radius 1 is 1.43 bits per heavy atom. The predicted molar refractivity (Wildman–Crippen MR) is 102 cm³/mol. The van der Waals surface area contributed by atoms with Crippen LogP contribution in [0.25, 0.3) is 0 Å². The van der Waals surface area contributed by atoms with Crippen LogP contribution in [0.2, 0.25) is 5.82 Å². The number of hydrogen-bond donors (Lipinski definition) is 2. The van der Waals surface area contributed by atoms with E-state index in [1.165, 1.54) is 6.92 Å². The molecule has 8 nitrogen and oxygen atoms in total. The van der Waals surface area contributed by atoms with E-state index in [1.54, 1.807) is 16.8 Å². The highest BCUT2D eigenvalue weighted by Gasteiger charge is 2.37. The SMILES string of the molecule is CC(=O)c1cccc2c1OB(O)[C@@H](CC(=O)Cn1cc(C3CCNC3)nn1)C2. The Morgan fingerprint density at radius 2 is 2.29 bits per heavy atom. The Hall–Kier alpha value is -2.52. The van der Waals surface area contributed by atoms with Crippen LogP contribution < -0.4 is 9.97 Å². The van der Waals surface area contributed by atoms with Gasteiger partial charge in [-0.05, 0) is 37.9 Å². The average Bonchev–Trinajstić information content (AvgIpc) is 3.33. The number of rotatable bonds is 6.